The van der Waals surface area contributed by atoms with Gasteiger partial charge < -0.3 is 15.8 Å². The summed E-state index contributed by atoms with van der Waals surface area (Å²) in [6.07, 6.45) is 0. The van der Waals surface area contributed by atoms with Crippen LogP contribution in [0.4, 0.5) is 5.69 Å². The van der Waals surface area contributed by atoms with Crippen LogP contribution in [0, 0.1) is 13.8 Å². The predicted molar refractivity (Wildman–Crippen MR) is 137 cm³/mol. The van der Waals surface area contributed by atoms with Crippen LogP contribution in [0.1, 0.15) is 50.0 Å². The molecule has 0 aromatic heterocycles. The molecule has 1 unspecified atom stereocenters. The van der Waals surface area contributed by atoms with Gasteiger partial charge in [-0.15, -0.1) is 0 Å². The quantitative estimate of drug-likeness (QED) is 0.374. The molecule has 7 heteroatoms. The van der Waals surface area contributed by atoms with E-state index in [4.69, 9.17) is 10.5 Å². The van der Waals surface area contributed by atoms with Gasteiger partial charge in [-0.3, -0.25) is 15.6 Å². The lowest BCUT2D eigenvalue weighted by molar-refractivity contribution is -0.117. The van der Waals surface area contributed by atoms with E-state index in [1.807, 2.05) is 74.5 Å². The van der Waals surface area contributed by atoms with Crippen molar-refractivity contribution in [2.45, 2.75) is 32.3 Å². The van der Waals surface area contributed by atoms with Gasteiger partial charge in [0.25, 0.3) is 0 Å². The van der Waals surface area contributed by atoms with Crippen molar-refractivity contribution >= 4 is 17.6 Å². The molecular weight excluding hydrogens is 440 g/mol. The third-order valence-electron chi connectivity index (χ3n) is 6.38. The van der Waals surface area contributed by atoms with Crippen LogP contribution in [0.25, 0.3) is 0 Å². The number of benzene rings is 3. The Morgan fingerprint density at radius 3 is 2.31 bits per heavy atom. The van der Waals surface area contributed by atoms with Crippen molar-refractivity contribution in [1.82, 2.24) is 10.9 Å². The van der Waals surface area contributed by atoms with E-state index >= 15 is 0 Å². The fraction of sp³-hybridized carbons (Fsp3) is 0.286. The second-order valence-electron chi connectivity index (χ2n) is 8.99. The Hall–Kier alpha value is -3.52. The number of carbonyl (C=O) groups excluding carboxylic acids is 2. The molecule has 1 aliphatic rings. The molecule has 1 saturated heterocycles. The molecule has 0 aliphatic carbocycles. The molecule has 7 nitrogen and oxygen atoms in total. The number of hydrogen-bond acceptors (Lipinski definition) is 6. The number of esters is 1. The Kier molecular flexibility index (Phi) is 7.92. The standard InChI is InChI=1S/C28H32N4O3/c1-18-3-12-25(19(2)13-18)28(34)35-17-20-4-6-22(7-5-20)26(14-29)27(33)32-24-10-8-21(9-11-24)23-15-30-31-16-23/h3-13,23,26,30-31H,14-17,29H2,1-2H3,(H,32,33). The molecule has 1 atom stereocenters. The first kappa shape index (κ1) is 24.6. The SMILES string of the molecule is Cc1ccc(C(=O)OCc2ccc(C(CN)C(=O)Nc3ccc(C4CNNC4)cc3)cc2)c(C)c1. The van der Waals surface area contributed by atoms with E-state index in [2.05, 4.69) is 16.2 Å². The summed E-state index contributed by atoms with van der Waals surface area (Å²) in [6, 6.07) is 21.0. The largest absolute Gasteiger partial charge is 0.457 e. The summed E-state index contributed by atoms with van der Waals surface area (Å²) in [4.78, 5) is 25.3. The molecule has 1 fully saturated rings. The van der Waals surface area contributed by atoms with Crippen LogP contribution in [-0.4, -0.2) is 31.5 Å². The lowest BCUT2D eigenvalue weighted by Gasteiger charge is -2.16. The van der Waals surface area contributed by atoms with E-state index < -0.39 is 5.92 Å². The predicted octanol–water partition coefficient (Wildman–Crippen LogP) is 3.53. The topological polar surface area (TPSA) is 105 Å². The van der Waals surface area contributed by atoms with Crippen molar-refractivity contribution in [3.63, 3.8) is 0 Å². The van der Waals surface area contributed by atoms with Gasteiger partial charge >= 0.3 is 5.97 Å². The van der Waals surface area contributed by atoms with E-state index in [0.29, 0.717) is 11.5 Å². The van der Waals surface area contributed by atoms with E-state index in [9.17, 15) is 9.59 Å². The van der Waals surface area contributed by atoms with Crippen LogP contribution < -0.4 is 21.9 Å². The number of nitrogens with one attached hydrogen (secondary N) is 3. The fourth-order valence-electron chi connectivity index (χ4n) is 4.28. The van der Waals surface area contributed by atoms with Crippen molar-refractivity contribution in [2.75, 3.05) is 25.0 Å². The average molecular weight is 473 g/mol. The van der Waals surface area contributed by atoms with Crippen LogP contribution in [0.2, 0.25) is 0 Å². The Balaban J connectivity index is 1.34. The third kappa shape index (κ3) is 6.14. The van der Waals surface area contributed by atoms with Crippen LogP contribution in [0.15, 0.2) is 66.7 Å². The summed E-state index contributed by atoms with van der Waals surface area (Å²) in [5.74, 6) is -0.560. The normalized spacial score (nSPS) is 14.5. The highest BCUT2D eigenvalue weighted by Crippen LogP contribution is 2.22. The number of hydrazine groups is 1. The van der Waals surface area contributed by atoms with Gasteiger partial charge in [0.2, 0.25) is 5.91 Å². The van der Waals surface area contributed by atoms with Crippen molar-refractivity contribution < 1.29 is 14.3 Å². The first-order valence-electron chi connectivity index (χ1n) is 11.8. The summed E-state index contributed by atoms with van der Waals surface area (Å²) in [5, 5.41) is 2.97. The second-order valence-corrected chi connectivity index (χ2v) is 8.99. The number of aryl methyl sites for hydroxylation is 2. The Labute approximate surface area is 206 Å². The number of hydrogen-bond donors (Lipinski definition) is 4. The third-order valence-corrected chi connectivity index (χ3v) is 6.38. The van der Waals surface area contributed by atoms with E-state index in [1.54, 1.807) is 6.07 Å². The van der Waals surface area contributed by atoms with Crippen molar-refractivity contribution in [2.24, 2.45) is 5.73 Å². The van der Waals surface area contributed by atoms with Gasteiger partial charge in [0.15, 0.2) is 0 Å². The number of amides is 1. The zero-order valence-electron chi connectivity index (χ0n) is 20.1. The fourth-order valence-corrected chi connectivity index (χ4v) is 4.28. The number of nitrogens with two attached hydrogens (primary N) is 1. The molecule has 5 N–H and O–H groups in total. The monoisotopic (exact) mass is 472 g/mol. The zero-order chi connectivity index (χ0) is 24.8. The van der Waals surface area contributed by atoms with Crippen LogP contribution in [0.5, 0.6) is 0 Å². The summed E-state index contributed by atoms with van der Waals surface area (Å²) in [5.41, 5.74) is 18.4. The van der Waals surface area contributed by atoms with Gasteiger partial charge in [-0.2, -0.15) is 0 Å². The summed E-state index contributed by atoms with van der Waals surface area (Å²) in [6.45, 7) is 6.01. The summed E-state index contributed by atoms with van der Waals surface area (Å²) in [7, 11) is 0. The van der Waals surface area contributed by atoms with Gasteiger partial charge in [-0.05, 0) is 54.3 Å². The molecule has 0 saturated carbocycles. The Morgan fingerprint density at radius 1 is 1.00 bits per heavy atom. The molecule has 0 spiro atoms. The van der Waals surface area contributed by atoms with E-state index in [-0.39, 0.29) is 25.0 Å². The second kappa shape index (κ2) is 11.3. The first-order valence-corrected chi connectivity index (χ1v) is 11.8. The van der Waals surface area contributed by atoms with Crippen LogP contribution in [0.3, 0.4) is 0 Å². The smallest absolute Gasteiger partial charge is 0.338 e. The Morgan fingerprint density at radius 2 is 1.69 bits per heavy atom. The van der Waals surface area contributed by atoms with E-state index in [1.165, 1.54) is 5.56 Å². The highest BCUT2D eigenvalue weighted by Gasteiger charge is 2.20. The molecule has 1 aliphatic heterocycles. The van der Waals surface area contributed by atoms with Crippen LogP contribution >= 0.6 is 0 Å². The lowest BCUT2D eigenvalue weighted by Crippen LogP contribution is -2.27. The van der Waals surface area contributed by atoms with Crippen LogP contribution in [-0.2, 0) is 16.1 Å². The van der Waals surface area contributed by atoms with Gasteiger partial charge in [0, 0.05) is 31.2 Å². The molecule has 3 aromatic rings. The summed E-state index contributed by atoms with van der Waals surface area (Å²) >= 11 is 0. The summed E-state index contributed by atoms with van der Waals surface area (Å²) < 4.78 is 5.48. The number of carbonyl (C=O) groups is 2. The highest BCUT2D eigenvalue weighted by atomic mass is 16.5. The maximum Gasteiger partial charge on any atom is 0.338 e. The average Bonchev–Trinajstić information content (AvgIpc) is 3.39. The van der Waals surface area contributed by atoms with E-state index in [0.717, 1.165) is 41.0 Å². The van der Waals surface area contributed by atoms with Crippen molar-refractivity contribution in [3.8, 4) is 0 Å². The minimum absolute atomic E-state index is 0.154. The van der Waals surface area contributed by atoms with Gasteiger partial charge in [-0.1, -0.05) is 54.1 Å². The first-order chi connectivity index (χ1) is 16.9. The van der Waals surface area contributed by atoms with Gasteiger partial charge in [0.1, 0.15) is 6.61 Å². The number of anilines is 1. The molecule has 4 rings (SSSR count). The highest BCUT2D eigenvalue weighted by molar-refractivity contribution is 5.96. The van der Waals surface area contributed by atoms with Crippen molar-refractivity contribution in [3.05, 3.63) is 100 Å². The molecular formula is C28H32N4O3. The van der Waals surface area contributed by atoms with Gasteiger partial charge in [0.05, 0.1) is 11.5 Å². The zero-order valence-corrected chi connectivity index (χ0v) is 20.1. The maximum atomic E-state index is 12.9. The number of ether oxygens (including phenoxy) is 1. The molecule has 182 valence electrons. The van der Waals surface area contributed by atoms with Gasteiger partial charge in [-0.25, -0.2) is 4.79 Å². The minimum Gasteiger partial charge on any atom is -0.457 e. The lowest BCUT2D eigenvalue weighted by atomic mass is 9.96. The molecule has 0 bridgehead atoms. The molecule has 0 radical (unpaired) electrons. The Bertz CT molecular complexity index is 1170. The molecule has 3 aromatic carbocycles. The molecule has 1 heterocycles. The number of rotatable bonds is 8. The van der Waals surface area contributed by atoms with Crippen molar-refractivity contribution in [1.29, 1.82) is 0 Å². The minimum atomic E-state index is -0.482. The molecule has 1 amide bonds. The maximum absolute atomic E-state index is 12.9. The molecule has 35 heavy (non-hydrogen) atoms.